The summed E-state index contributed by atoms with van der Waals surface area (Å²) in [5.41, 5.74) is 0.619. The first-order chi connectivity index (χ1) is 8.58. The van der Waals surface area contributed by atoms with Gasteiger partial charge in [-0.2, -0.15) is 0 Å². The van der Waals surface area contributed by atoms with Gasteiger partial charge in [0.2, 0.25) is 0 Å². The number of carbonyl (C=O) groups is 1. The first-order valence-corrected chi connectivity index (χ1v) is 6.49. The molecule has 2 N–H and O–H groups in total. The predicted octanol–water partition coefficient (Wildman–Crippen LogP) is 2.24. The normalized spacial score (nSPS) is 12.1. The maximum atomic E-state index is 12.0. The fourth-order valence-electron chi connectivity index (χ4n) is 1.63. The number of rotatable bonds is 3. The minimum absolute atomic E-state index is 0.0989. The fraction of sp³-hybridized carbons (Fsp3) is 0.231. The Bertz CT molecular complexity index is 602. The van der Waals surface area contributed by atoms with E-state index in [0.29, 0.717) is 0 Å². The second kappa shape index (κ2) is 5.18. The molecule has 0 aliphatic heterocycles. The minimum Gasteiger partial charge on any atom is -0.364 e. The summed E-state index contributed by atoms with van der Waals surface area (Å²) in [5.74, 6) is -0.350. The fourth-order valence-corrected chi connectivity index (χ4v) is 2.37. The lowest BCUT2D eigenvalue weighted by Gasteiger charge is -2.11. The Kier molecular flexibility index (Phi) is 3.62. The van der Waals surface area contributed by atoms with E-state index in [-0.39, 0.29) is 22.9 Å². The van der Waals surface area contributed by atoms with Gasteiger partial charge in [0.05, 0.1) is 6.04 Å². The summed E-state index contributed by atoms with van der Waals surface area (Å²) in [6.45, 7) is 3.67. The first-order valence-electron chi connectivity index (χ1n) is 5.61. The molecule has 2 heterocycles. The second-order valence-electron chi connectivity index (χ2n) is 4.10. The van der Waals surface area contributed by atoms with Crippen LogP contribution in [0.2, 0.25) is 0 Å². The lowest BCUT2D eigenvalue weighted by atomic mass is 10.2. The van der Waals surface area contributed by atoms with E-state index in [9.17, 15) is 9.59 Å². The second-order valence-corrected chi connectivity index (χ2v) is 5.08. The van der Waals surface area contributed by atoms with Crippen molar-refractivity contribution in [2.24, 2.45) is 0 Å². The number of aryl methyl sites for hydroxylation is 1. The average molecular weight is 262 g/mol. The van der Waals surface area contributed by atoms with Crippen molar-refractivity contribution in [2.75, 3.05) is 0 Å². The lowest BCUT2D eigenvalue weighted by molar-refractivity contribution is 0.0939. The molecule has 18 heavy (non-hydrogen) atoms. The Morgan fingerprint density at radius 2 is 2.28 bits per heavy atom. The number of carbonyl (C=O) groups excluding carboxylic acids is 1. The molecular formula is C13H14N2O2S. The van der Waals surface area contributed by atoms with Crippen LogP contribution >= 0.6 is 11.3 Å². The molecule has 2 rings (SSSR count). The van der Waals surface area contributed by atoms with Crippen LogP contribution in [0.4, 0.5) is 0 Å². The number of hydrogen-bond donors (Lipinski definition) is 2. The van der Waals surface area contributed by atoms with E-state index >= 15 is 0 Å². The first kappa shape index (κ1) is 12.6. The molecule has 0 aliphatic carbocycles. The van der Waals surface area contributed by atoms with Gasteiger partial charge in [0, 0.05) is 22.8 Å². The molecule has 0 radical (unpaired) electrons. The highest BCUT2D eigenvalue weighted by atomic mass is 32.1. The summed E-state index contributed by atoms with van der Waals surface area (Å²) in [7, 11) is 0. The molecule has 0 saturated heterocycles. The number of hydrogen-bond acceptors (Lipinski definition) is 3. The van der Waals surface area contributed by atoms with Crippen LogP contribution in [0.3, 0.4) is 0 Å². The van der Waals surface area contributed by atoms with Gasteiger partial charge in [-0.05, 0) is 25.3 Å². The molecule has 0 aromatic carbocycles. The van der Waals surface area contributed by atoms with E-state index in [4.69, 9.17) is 0 Å². The van der Waals surface area contributed by atoms with Crippen LogP contribution in [0.15, 0.2) is 34.6 Å². The highest BCUT2D eigenvalue weighted by Crippen LogP contribution is 2.18. The zero-order valence-electron chi connectivity index (χ0n) is 10.2. The summed E-state index contributed by atoms with van der Waals surface area (Å²) in [6.07, 6.45) is 1.45. The van der Waals surface area contributed by atoms with Crippen LogP contribution in [0.25, 0.3) is 0 Å². The minimum atomic E-state index is -0.350. The molecule has 1 unspecified atom stereocenters. The zero-order valence-corrected chi connectivity index (χ0v) is 11.0. The Labute approximate surface area is 109 Å². The van der Waals surface area contributed by atoms with Crippen molar-refractivity contribution in [3.05, 3.63) is 56.1 Å². The number of H-pyrrole nitrogens is 1. The predicted molar refractivity (Wildman–Crippen MR) is 72.0 cm³/mol. The van der Waals surface area contributed by atoms with Gasteiger partial charge in [-0.1, -0.05) is 6.07 Å². The zero-order chi connectivity index (χ0) is 13.1. The maximum absolute atomic E-state index is 12.0. The van der Waals surface area contributed by atoms with E-state index in [1.807, 2.05) is 24.4 Å². The molecule has 0 bridgehead atoms. The molecule has 0 aliphatic rings. The number of aromatic nitrogens is 1. The Morgan fingerprint density at radius 3 is 2.89 bits per heavy atom. The van der Waals surface area contributed by atoms with Crippen LogP contribution in [0, 0.1) is 6.92 Å². The third-order valence-electron chi connectivity index (χ3n) is 2.62. The van der Waals surface area contributed by atoms with Crippen LogP contribution in [-0.2, 0) is 0 Å². The van der Waals surface area contributed by atoms with E-state index in [1.165, 1.54) is 12.3 Å². The van der Waals surface area contributed by atoms with Crippen molar-refractivity contribution in [1.82, 2.24) is 10.3 Å². The highest BCUT2D eigenvalue weighted by molar-refractivity contribution is 7.10. The van der Waals surface area contributed by atoms with E-state index in [2.05, 4.69) is 10.3 Å². The van der Waals surface area contributed by atoms with Crippen LogP contribution in [-0.4, -0.2) is 10.9 Å². The van der Waals surface area contributed by atoms with Gasteiger partial charge in [0.1, 0.15) is 5.56 Å². The van der Waals surface area contributed by atoms with Gasteiger partial charge < -0.3 is 10.3 Å². The van der Waals surface area contributed by atoms with Gasteiger partial charge >= 0.3 is 0 Å². The summed E-state index contributed by atoms with van der Waals surface area (Å²) in [6, 6.07) is 5.21. The largest absolute Gasteiger partial charge is 0.364 e. The molecule has 1 atom stereocenters. The Morgan fingerprint density at radius 1 is 1.50 bits per heavy atom. The maximum Gasteiger partial charge on any atom is 0.257 e. The van der Waals surface area contributed by atoms with Gasteiger partial charge in [0.25, 0.3) is 5.91 Å². The van der Waals surface area contributed by atoms with Crippen LogP contribution in [0.5, 0.6) is 0 Å². The topological polar surface area (TPSA) is 62.0 Å². The smallest absolute Gasteiger partial charge is 0.257 e. The summed E-state index contributed by atoms with van der Waals surface area (Å²) in [5, 5.41) is 4.77. The van der Waals surface area contributed by atoms with Gasteiger partial charge in [0.15, 0.2) is 5.43 Å². The number of thiophene rings is 1. The molecule has 2 aromatic heterocycles. The third-order valence-corrected chi connectivity index (χ3v) is 3.67. The van der Waals surface area contributed by atoms with Crippen molar-refractivity contribution >= 4 is 17.2 Å². The standard InChI is InChI=1S/C13H14N2O2S/c1-8-6-11(16)10(7-14-8)13(17)15-9(2)12-4-3-5-18-12/h3-7,9H,1-2H3,(H,14,16)(H,15,17). The lowest BCUT2D eigenvalue weighted by Crippen LogP contribution is -2.30. The summed E-state index contributed by atoms with van der Waals surface area (Å²) < 4.78 is 0. The molecule has 0 saturated carbocycles. The van der Waals surface area contributed by atoms with Crippen molar-refractivity contribution in [3.8, 4) is 0 Å². The molecule has 0 fully saturated rings. The van der Waals surface area contributed by atoms with E-state index in [0.717, 1.165) is 10.6 Å². The number of nitrogens with one attached hydrogen (secondary N) is 2. The molecule has 4 nitrogen and oxygen atoms in total. The summed E-state index contributed by atoms with van der Waals surface area (Å²) >= 11 is 1.57. The summed E-state index contributed by atoms with van der Waals surface area (Å²) in [4.78, 5) is 27.6. The monoisotopic (exact) mass is 262 g/mol. The third kappa shape index (κ3) is 2.68. The van der Waals surface area contributed by atoms with Crippen molar-refractivity contribution in [1.29, 1.82) is 0 Å². The molecule has 2 aromatic rings. The van der Waals surface area contributed by atoms with Crippen molar-refractivity contribution in [2.45, 2.75) is 19.9 Å². The number of pyridine rings is 1. The number of aromatic amines is 1. The molecule has 94 valence electrons. The quantitative estimate of drug-likeness (QED) is 0.891. The highest BCUT2D eigenvalue weighted by Gasteiger charge is 2.14. The van der Waals surface area contributed by atoms with Gasteiger partial charge in [-0.15, -0.1) is 11.3 Å². The Balaban J connectivity index is 2.15. The molecular weight excluding hydrogens is 248 g/mol. The van der Waals surface area contributed by atoms with Gasteiger partial charge in [-0.25, -0.2) is 0 Å². The number of amides is 1. The van der Waals surface area contributed by atoms with Crippen LogP contribution in [0.1, 0.15) is 33.9 Å². The molecule has 5 heteroatoms. The molecule has 0 spiro atoms. The average Bonchev–Trinajstić information content (AvgIpc) is 2.81. The van der Waals surface area contributed by atoms with E-state index < -0.39 is 0 Å². The SMILES string of the molecule is Cc1cc(=O)c(C(=O)NC(C)c2cccs2)c[nH]1. The van der Waals surface area contributed by atoms with Crippen molar-refractivity contribution < 1.29 is 4.79 Å². The van der Waals surface area contributed by atoms with E-state index in [1.54, 1.807) is 18.3 Å². The Hall–Kier alpha value is -1.88. The van der Waals surface area contributed by atoms with Crippen LogP contribution < -0.4 is 10.7 Å². The van der Waals surface area contributed by atoms with Gasteiger partial charge in [-0.3, -0.25) is 9.59 Å². The van der Waals surface area contributed by atoms with Crippen molar-refractivity contribution in [3.63, 3.8) is 0 Å². The molecule has 1 amide bonds.